The van der Waals surface area contributed by atoms with Crippen molar-refractivity contribution in [3.8, 4) is 11.4 Å². The van der Waals surface area contributed by atoms with E-state index < -0.39 is 11.2 Å². The van der Waals surface area contributed by atoms with Crippen LogP contribution in [-0.2, 0) is 13.1 Å². The molecule has 0 saturated heterocycles. The summed E-state index contributed by atoms with van der Waals surface area (Å²) >= 11 is 0. The Balaban J connectivity index is 1.83. The van der Waals surface area contributed by atoms with E-state index in [1.807, 2.05) is 11.5 Å². The van der Waals surface area contributed by atoms with E-state index in [4.69, 9.17) is 0 Å². The molecule has 2 aliphatic heterocycles. The van der Waals surface area contributed by atoms with Crippen LogP contribution in [0.25, 0.3) is 22.4 Å². The summed E-state index contributed by atoms with van der Waals surface area (Å²) in [5.41, 5.74) is -0.437. The number of aromatic amines is 1. The van der Waals surface area contributed by atoms with Crippen LogP contribution in [0.1, 0.15) is 96.7 Å². The number of nitrogens with one attached hydrogen (secondary N) is 1. The standard InChI is InChI=1S/C26H39N5O3/c1-4-6-8-9-10-11-12-13-14-15-17-30-22-20(24(32)28-19(3)27-22)18-21-23(30)29-26(34)31(25(21)33)16-7-5-2/h18H,4-17H2,1-3H3,(H,29,34). The van der Waals surface area contributed by atoms with E-state index >= 15 is 0 Å². The molecule has 186 valence electrons. The van der Waals surface area contributed by atoms with Gasteiger partial charge in [0.2, 0.25) is 0 Å². The summed E-state index contributed by atoms with van der Waals surface area (Å²) in [6, 6.07) is 1.54. The lowest BCUT2D eigenvalue weighted by Gasteiger charge is -2.18. The fourth-order valence-corrected chi connectivity index (χ4v) is 4.54. The number of rotatable bonds is 14. The molecule has 3 heterocycles. The summed E-state index contributed by atoms with van der Waals surface area (Å²) in [7, 11) is 0. The van der Waals surface area contributed by atoms with E-state index in [-0.39, 0.29) is 5.56 Å². The Morgan fingerprint density at radius 3 is 2.00 bits per heavy atom. The predicted molar refractivity (Wildman–Crippen MR) is 137 cm³/mol. The molecule has 0 bridgehead atoms. The largest absolute Gasteiger partial charge is 0.329 e. The number of unbranched alkanes of at least 4 members (excludes halogenated alkanes) is 10. The fourth-order valence-electron chi connectivity index (χ4n) is 4.54. The molecule has 0 aromatic carbocycles. The molecule has 8 nitrogen and oxygen atoms in total. The van der Waals surface area contributed by atoms with Crippen LogP contribution in [0.4, 0.5) is 0 Å². The third kappa shape index (κ3) is 6.21. The highest BCUT2D eigenvalue weighted by molar-refractivity contribution is 5.81. The van der Waals surface area contributed by atoms with Gasteiger partial charge in [-0.3, -0.25) is 19.1 Å². The van der Waals surface area contributed by atoms with Crippen LogP contribution in [0.5, 0.6) is 0 Å². The molecule has 1 N–H and O–H groups in total. The third-order valence-corrected chi connectivity index (χ3v) is 6.49. The average molecular weight is 470 g/mol. The van der Waals surface area contributed by atoms with Crippen LogP contribution in [0.15, 0.2) is 20.4 Å². The molecule has 1 aromatic heterocycles. The maximum atomic E-state index is 13.2. The SMILES string of the molecule is CCCCCCCCCCCCn1c2nc(C)nc(=O)c-2cc2c(=O)n(CCCC)c(=O)[nH]c21. The summed E-state index contributed by atoms with van der Waals surface area (Å²) in [5, 5.41) is 0.333. The molecule has 3 rings (SSSR count). The van der Waals surface area contributed by atoms with Crippen molar-refractivity contribution in [2.45, 2.75) is 111 Å². The second-order valence-electron chi connectivity index (χ2n) is 9.29. The summed E-state index contributed by atoms with van der Waals surface area (Å²) < 4.78 is 3.06. The van der Waals surface area contributed by atoms with E-state index in [1.54, 1.807) is 13.0 Å². The lowest BCUT2D eigenvalue weighted by atomic mass is 10.1. The molecule has 0 saturated carbocycles. The molecule has 0 amide bonds. The molecule has 0 aliphatic carbocycles. The van der Waals surface area contributed by atoms with Gasteiger partial charge in [-0.25, -0.2) is 9.78 Å². The number of pyridine rings is 1. The highest BCUT2D eigenvalue weighted by Gasteiger charge is 2.20. The first-order valence-corrected chi connectivity index (χ1v) is 13.0. The highest BCUT2D eigenvalue weighted by atomic mass is 16.2. The van der Waals surface area contributed by atoms with Crippen molar-refractivity contribution in [2.75, 3.05) is 0 Å². The van der Waals surface area contributed by atoms with Gasteiger partial charge in [-0.05, 0) is 25.8 Å². The lowest BCUT2D eigenvalue weighted by Crippen LogP contribution is -2.36. The van der Waals surface area contributed by atoms with Gasteiger partial charge in [0.25, 0.3) is 11.1 Å². The minimum atomic E-state index is -0.421. The summed E-state index contributed by atoms with van der Waals surface area (Å²) in [5.74, 6) is 0.856. The van der Waals surface area contributed by atoms with Crippen LogP contribution >= 0.6 is 0 Å². The van der Waals surface area contributed by atoms with Crippen molar-refractivity contribution < 1.29 is 0 Å². The van der Waals surface area contributed by atoms with Gasteiger partial charge in [-0.1, -0.05) is 78.1 Å². The zero-order chi connectivity index (χ0) is 24.5. The summed E-state index contributed by atoms with van der Waals surface area (Å²) in [6.07, 6.45) is 13.7. The Morgan fingerprint density at radius 1 is 0.765 bits per heavy atom. The zero-order valence-electron chi connectivity index (χ0n) is 21.0. The Labute approximate surface area is 200 Å². The summed E-state index contributed by atoms with van der Waals surface area (Å²) in [4.78, 5) is 49.9. The monoisotopic (exact) mass is 469 g/mol. The summed E-state index contributed by atoms with van der Waals surface area (Å²) in [6.45, 7) is 6.86. The van der Waals surface area contributed by atoms with E-state index in [0.717, 1.165) is 32.1 Å². The molecule has 34 heavy (non-hydrogen) atoms. The van der Waals surface area contributed by atoms with E-state index in [0.29, 0.717) is 41.3 Å². The lowest BCUT2D eigenvalue weighted by molar-refractivity contribution is 0.535. The van der Waals surface area contributed by atoms with Crippen molar-refractivity contribution in [3.05, 3.63) is 43.1 Å². The normalized spacial score (nSPS) is 11.6. The number of nitrogens with zero attached hydrogens (tertiary/aromatic N) is 4. The zero-order valence-corrected chi connectivity index (χ0v) is 21.0. The Bertz CT molecular complexity index is 1220. The van der Waals surface area contributed by atoms with Crippen LogP contribution < -0.4 is 16.8 Å². The second kappa shape index (κ2) is 12.6. The first-order chi connectivity index (χ1) is 16.5. The second-order valence-corrected chi connectivity index (χ2v) is 9.29. The van der Waals surface area contributed by atoms with Gasteiger partial charge in [0.1, 0.15) is 17.3 Å². The molecule has 0 fully saturated rings. The molecule has 0 unspecified atom stereocenters. The van der Waals surface area contributed by atoms with Gasteiger partial charge in [-0.2, -0.15) is 4.98 Å². The molecule has 8 heteroatoms. The molecular weight excluding hydrogens is 430 g/mol. The highest BCUT2D eigenvalue weighted by Crippen LogP contribution is 2.22. The van der Waals surface area contributed by atoms with Gasteiger partial charge in [0.15, 0.2) is 0 Å². The first-order valence-electron chi connectivity index (χ1n) is 13.0. The van der Waals surface area contributed by atoms with Gasteiger partial charge < -0.3 is 4.57 Å². The topological polar surface area (TPSA) is 103 Å². The molecule has 2 aliphatic rings. The predicted octanol–water partition coefficient (Wildman–Crippen LogP) is 4.78. The van der Waals surface area contributed by atoms with Crippen molar-refractivity contribution in [2.24, 2.45) is 0 Å². The van der Waals surface area contributed by atoms with Gasteiger partial charge >= 0.3 is 5.69 Å². The molecule has 0 spiro atoms. The van der Waals surface area contributed by atoms with E-state index in [1.165, 1.54) is 49.5 Å². The van der Waals surface area contributed by atoms with Crippen molar-refractivity contribution >= 4 is 11.0 Å². The number of hydrogen-bond acceptors (Lipinski definition) is 5. The van der Waals surface area contributed by atoms with Crippen molar-refractivity contribution in [1.82, 2.24) is 24.1 Å². The maximum Gasteiger partial charge on any atom is 0.329 e. The molecule has 0 atom stereocenters. The Kier molecular flexibility index (Phi) is 9.60. The van der Waals surface area contributed by atoms with Crippen LogP contribution in [-0.4, -0.2) is 24.1 Å². The van der Waals surface area contributed by atoms with Crippen LogP contribution in [0, 0.1) is 6.92 Å². The number of fused-ring (bicyclic) bond motifs is 2. The van der Waals surface area contributed by atoms with Crippen LogP contribution in [0.2, 0.25) is 0 Å². The smallest absolute Gasteiger partial charge is 0.311 e. The van der Waals surface area contributed by atoms with Crippen molar-refractivity contribution in [1.29, 1.82) is 0 Å². The Hall–Kier alpha value is -2.77. The minimum Gasteiger partial charge on any atom is -0.311 e. The minimum absolute atomic E-state index is 0.316. The number of hydrogen-bond donors (Lipinski definition) is 1. The molecule has 0 radical (unpaired) electrons. The van der Waals surface area contributed by atoms with Crippen molar-refractivity contribution in [3.63, 3.8) is 0 Å². The van der Waals surface area contributed by atoms with Gasteiger partial charge in [0, 0.05) is 13.1 Å². The molecular formula is C26H39N5O3. The van der Waals surface area contributed by atoms with E-state index in [9.17, 15) is 14.4 Å². The van der Waals surface area contributed by atoms with Gasteiger partial charge in [0.05, 0.1) is 10.9 Å². The quantitative estimate of drug-likeness (QED) is 0.270. The third-order valence-electron chi connectivity index (χ3n) is 6.49. The van der Waals surface area contributed by atoms with E-state index in [2.05, 4.69) is 21.9 Å². The average Bonchev–Trinajstić information content (AvgIpc) is 2.80. The molecule has 1 aromatic rings. The first kappa shape index (κ1) is 25.8. The maximum absolute atomic E-state index is 13.2. The van der Waals surface area contributed by atoms with Gasteiger partial charge in [-0.15, -0.1) is 0 Å². The number of H-pyrrole nitrogens is 1. The Morgan fingerprint density at radius 2 is 1.35 bits per heavy atom. The van der Waals surface area contributed by atoms with Crippen LogP contribution in [0.3, 0.4) is 0 Å². The number of aromatic nitrogens is 5. The fraction of sp³-hybridized carbons (Fsp3) is 0.654. The number of aryl methyl sites for hydroxylation is 2.